The predicted octanol–water partition coefficient (Wildman–Crippen LogP) is 5.96. The summed E-state index contributed by atoms with van der Waals surface area (Å²) in [6.45, 7) is 6.86. The minimum absolute atomic E-state index is 0.876. The van der Waals surface area contributed by atoms with Gasteiger partial charge in [-0.15, -0.1) is 23.5 Å². The monoisotopic (exact) mass is 262 g/mol. The first kappa shape index (κ1) is 16.7. The fourth-order valence-corrected chi connectivity index (χ4v) is 4.25. The van der Waals surface area contributed by atoms with Gasteiger partial charge in [0, 0.05) is 0 Å². The van der Waals surface area contributed by atoms with E-state index in [4.69, 9.17) is 0 Å². The van der Waals surface area contributed by atoms with Gasteiger partial charge in [-0.1, -0.05) is 52.9 Å². The van der Waals surface area contributed by atoms with E-state index in [1.165, 1.54) is 62.9 Å². The molecule has 2 heteroatoms. The van der Waals surface area contributed by atoms with Crippen molar-refractivity contribution in [3.63, 3.8) is 0 Å². The number of unbranched alkanes of at least 4 members (excludes halogenated alkanes) is 4. The Hall–Kier alpha value is 0.700. The summed E-state index contributed by atoms with van der Waals surface area (Å²) in [6.07, 6.45) is 11.2. The van der Waals surface area contributed by atoms with Crippen molar-refractivity contribution in [3.05, 3.63) is 0 Å². The van der Waals surface area contributed by atoms with Gasteiger partial charge in [0.1, 0.15) is 0 Å². The summed E-state index contributed by atoms with van der Waals surface area (Å²) >= 11 is 4.38. The summed E-state index contributed by atoms with van der Waals surface area (Å²) in [7, 11) is 0. The molecule has 0 bridgehead atoms. The highest BCUT2D eigenvalue weighted by Gasteiger charge is 2.08. The molecule has 0 aromatic heterocycles. The maximum absolute atomic E-state index is 2.29. The maximum atomic E-state index is 2.29. The minimum Gasteiger partial charge on any atom is -0.148 e. The summed E-state index contributed by atoms with van der Waals surface area (Å²) in [6, 6.07) is 0. The highest BCUT2D eigenvalue weighted by atomic mass is 32.2. The van der Waals surface area contributed by atoms with E-state index in [9.17, 15) is 0 Å². The third-order valence-corrected chi connectivity index (χ3v) is 5.88. The van der Waals surface area contributed by atoms with E-state index in [-0.39, 0.29) is 0 Å². The molecule has 0 heterocycles. The second-order valence-electron chi connectivity index (χ2n) is 4.37. The van der Waals surface area contributed by atoms with Gasteiger partial charge in [0.15, 0.2) is 0 Å². The van der Waals surface area contributed by atoms with Crippen LogP contribution in [0, 0.1) is 0 Å². The van der Waals surface area contributed by atoms with Crippen LogP contribution in [0.2, 0.25) is 0 Å². The minimum atomic E-state index is 0.876. The molecule has 0 saturated carbocycles. The zero-order valence-corrected chi connectivity index (χ0v) is 13.1. The molecular weight excluding hydrogens is 232 g/mol. The quantitative estimate of drug-likeness (QED) is 0.314. The lowest BCUT2D eigenvalue weighted by atomic mass is 10.1. The van der Waals surface area contributed by atoms with Crippen molar-refractivity contribution in [1.82, 2.24) is 0 Å². The lowest BCUT2D eigenvalue weighted by molar-refractivity contribution is 0.622. The smallest absolute Gasteiger partial charge is 0.0502 e. The Morgan fingerprint density at radius 3 is 1.75 bits per heavy atom. The topological polar surface area (TPSA) is 0 Å². The van der Waals surface area contributed by atoms with E-state index >= 15 is 0 Å². The van der Waals surface area contributed by atoms with Crippen LogP contribution in [0.3, 0.4) is 0 Å². The van der Waals surface area contributed by atoms with Crippen LogP contribution in [0.5, 0.6) is 0 Å². The summed E-state index contributed by atoms with van der Waals surface area (Å²) in [5, 5.41) is 0. The average Bonchev–Trinajstić information content (AvgIpc) is 2.31. The van der Waals surface area contributed by atoms with Crippen LogP contribution in [0.25, 0.3) is 0 Å². The summed E-state index contributed by atoms with van der Waals surface area (Å²) in [5.41, 5.74) is 0. The van der Waals surface area contributed by atoms with Crippen molar-refractivity contribution in [1.29, 1.82) is 0 Å². The van der Waals surface area contributed by atoms with Crippen LogP contribution >= 0.6 is 23.5 Å². The molecule has 0 atom stereocenters. The van der Waals surface area contributed by atoms with Crippen molar-refractivity contribution < 1.29 is 0 Å². The van der Waals surface area contributed by atoms with E-state index in [1.807, 2.05) is 0 Å². The van der Waals surface area contributed by atoms with Crippen LogP contribution in [-0.4, -0.2) is 16.1 Å². The van der Waals surface area contributed by atoms with Gasteiger partial charge in [-0.2, -0.15) is 0 Å². The average molecular weight is 263 g/mol. The number of hydrogen-bond donors (Lipinski definition) is 0. The molecule has 0 saturated heterocycles. The standard InChI is InChI=1S/C14H30S2/c1-4-7-8-9-10-11-14(15-12-5-2)16-13-6-3/h14H,4-13H2,1-3H3. The van der Waals surface area contributed by atoms with E-state index < -0.39 is 0 Å². The molecule has 0 aromatic rings. The van der Waals surface area contributed by atoms with E-state index in [0.717, 1.165) is 4.58 Å². The molecule has 0 rings (SSSR count). The van der Waals surface area contributed by atoms with Crippen LogP contribution in [0.4, 0.5) is 0 Å². The fourth-order valence-electron chi connectivity index (χ4n) is 1.63. The summed E-state index contributed by atoms with van der Waals surface area (Å²) < 4.78 is 0.876. The van der Waals surface area contributed by atoms with Crippen molar-refractivity contribution in [3.8, 4) is 0 Å². The van der Waals surface area contributed by atoms with E-state index in [0.29, 0.717) is 0 Å². The summed E-state index contributed by atoms with van der Waals surface area (Å²) in [4.78, 5) is 0. The van der Waals surface area contributed by atoms with Gasteiger partial charge < -0.3 is 0 Å². The number of thioether (sulfide) groups is 2. The van der Waals surface area contributed by atoms with Crippen molar-refractivity contribution in [2.24, 2.45) is 0 Å². The third-order valence-electron chi connectivity index (χ3n) is 2.56. The van der Waals surface area contributed by atoms with Crippen molar-refractivity contribution in [2.45, 2.75) is 76.7 Å². The van der Waals surface area contributed by atoms with Gasteiger partial charge in [-0.05, 0) is 30.8 Å². The van der Waals surface area contributed by atoms with Gasteiger partial charge >= 0.3 is 0 Å². The number of hydrogen-bond acceptors (Lipinski definition) is 2. The van der Waals surface area contributed by atoms with Crippen LogP contribution in [0.1, 0.15) is 72.1 Å². The van der Waals surface area contributed by atoms with Gasteiger partial charge in [0.05, 0.1) is 4.58 Å². The Bertz CT molecular complexity index is 118. The maximum Gasteiger partial charge on any atom is 0.0502 e. The first-order valence-corrected chi connectivity index (χ1v) is 9.18. The zero-order valence-electron chi connectivity index (χ0n) is 11.5. The Labute approximate surface area is 112 Å². The Balaban J connectivity index is 3.48. The molecule has 0 unspecified atom stereocenters. The molecule has 0 aliphatic heterocycles. The second kappa shape index (κ2) is 13.8. The van der Waals surface area contributed by atoms with Crippen molar-refractivity contribution in [2.75, 3.05) is 11.5 Å². The number of rotatable bonds is 12. The molecule has 16 heavy (non-hydrogen) atoms. The van der Waals surface area contributed by atoms with Gasteiger partial charge in [0.2, 0.25) is 0 Å². The van der Waals surface area contributed by atoms with Crippen LogP contribution in [0.15, 0.2) is 0 Å². The zero-order chi connectivity index (χ0) is 12.1. The van der Waals surface area contributed by atoms with E-state index in [1.54, 1.807) is 0 Å². The third kappa shape index (κ3) is 11.2. The largest absolute Gasteiger partial charge is 0.148 e. The first-order chi connectivity index (χ1) is 7.85. The van der Waals surface area contributed by atoms with Gasteiger partial charge in [-0.3, -0.25) is 0 Å². The molecular formula is C14H30S2. The first-order valence-electron chi connectivity index (χ1n) is 7.08. The molecule has 0 aromatic carbocycles. The molecule has 0 aliphatic rings. The molecule has 0 fully saturated rings. The SMILES string of the molecule is CCCCCCCC(SCCC)SCCC. The molecule has 0 nitrogen and oxygen atoms in total. The Kier molecular flexibility index (Phi) is 14.4. The predicted molar refractivity (Wildman–Crippen MR) is 82.7 cm³/mol. The normalized spacial score (nSPS) is 11.2. The van der Waals surface area contributed by atoms with Crippen molar-refractivity contribution >= 4 is 23.5 Å². The molecule has 0 radical (unpaired) electrons. The Morgan fingerprint density at radius 2 is 1.25 bits per heavy atom. The molecule has 0 N–H and O–H groups in total. The summed E-state index contributed by atoms with van der Waals surface area (Å²) in [5.74, 6) is 2.69. The second-order valence-corrected chi connectivity index (χ2v) is 7.29. The molecule has 0 aliphatic carbocycles. The molecule has 0 spiro atoms. The Morgan fingerprint density at radius 1 is 0.688 bits per heavy atom. The molecule has 98 valence electrons. The van der Waals surface area contributed by atoms with Crippen LogP contribution in [-0.2, 0) is 0 Å². The highest BCUT2D eigenvalue weighted by Crippen LogP contribution is 2.29. The van der Waals surface area contributed by atoms with Crippen LogP contribution < -0.4 is 0 Å². The lowest BCUT2D eigenvalue weighted by Gasteiger charge is -2.15. The highest BCUT2D eigenvalue weighted by molar-refractivity contribution is 8.17. The molecule has 0 amide bonds. The van der Waals surface area contributed by atoms with Gasteiger partial charge in [-0.25, -0.2) is 0 Å². The van der Waals surface area contributed by atoms with E-state index in [2.05, 4.69) is 44.3 Å². The fraction of sp³-hybridized carbons (Fsp3) is 1.00. The lowest BCUT2D eigenvalue weighted by Crippen LogP contribution is -2.00. The van der Waals surface area contributed by atoms with Gasteiger partial charge in [0.25, 0.3) is 0 Å².